The molecule has 2 atom stereocenters. The quantitative estimate of drug-likeness (QED) is 0.701. The third-order valence-corrected chi connectivity index (χ3v) is 5.82. The number of halogens is 3. The number of anilines is 3. The van der Waals surface area contributed by atoms with Crippen molar-refractivity contribution in [3.63, 3.8) is 0 Å². The van der Waals surface area contributed by atoms with Gasteiger partial charge >= 0.3 is 6.18 Å². The molecule has 29 heavy (non-hydrogen) atoms. The Kier molecular flexibility index (Phi) is 4.18. The van der Waals surface area contributed by atoms with Gasteiger partial charge in [0, 0.05) is 30.7 Å². The molecule has 2 unspecified atom stereocenters. The van der Waals surface area contributed by atoms with Gasteiger partial charge in [0.2, 0.25) is 0 Å². The lowest BCUT2D eigenvalue weighted by Crippen LogP contribution is -2.51. The summed E-state index contributed by atoms with van der Waals surface area (Å²) >= 11 is 0. The van der Waals surface area contributed by atoms with Crippen LogP contribution in [-0.2, 0) is 6.18 Å². The predicted molar refractivity (Wildman–Crippen MR) is 102 cm³/mol. The number of hydrogen-bond donors (Lipinski definition) is 1. The molecule has 5 rings (SSSR count). The van der Waals surface area contributed by atoms with Crippen LogP contribution < -0.4 is 9.80 Å². The van der Waals surface area contributed by atoms with Crippen LogP contribution >= 0.6 is 0 Å². The first kappa shape index (κ1) is 18.0. The first-order valence-electron chi connectivity index (χ1n) is 9.54. The molecule has 0 saturated carbocycles. The number of rotatable bonds is 2. The van der Waals surface area contributed by atoms with Crippen molar-refractivity contribution in [1.29, 1.82) is 0 Å². The molecule has 150 valence electrons. The number of alkyl halides is 3. The average Bonchev–Trinajstić information content (AvgIpc) is 3.27. The molecule has 0 bridgehead atoms. The van der Waals surface area contributed by atoms with Gasteiger partial charge in [-0.2, -0.15) is 18.4 Å². The number of hydrogen-bond acceptors (Lipinski definition) is 5. The second-order valence-corrected chi connectivity index (χ2v) is 7.48. The van der Waals surface area contributed by atoms with Crippen LogP contribution in [0.15, 0.2) is 48.5 Å². The van der Waals surface area contributed by atoms with E-state index in [0.717, 1.165) is 54.4 Å². The van der Waals surface area contributed by atoms with Crippen LogP contribution in [0.2, 0.25) is 0 Å². The third-order valence-electron chi connectivity index (χ3n) is 5.82. The van der Waals surface area contributed by atoms with E-state index in [9.17, 15) is 13.2 Å². The summed E-state index contributed by atoms with van der Waals surface area (Å²) in [6, 6.07) is 13.7. The van der Waals surface area contributed by atoms with Crippen LogP contribution in [0.25, 0.3) is 0 Å². The maximum Gasteiger partial charge on any atom is 0.416 e. The fraction of sp³-hybridized carbons (Fsp3) is 0.350. The van der Waals surface area contributed by atoms with Crippen molar-refractivity contribution in [2.75, 3.05) is 22.9 Å². The van der Waals surface area contributed by atoms with Crippen LogP contribution in [-0.4, -0.2) is 39.8 Å². The molecule has 1 fully saturated rings. The van der Waals surface area contributed by atoms with Crippen LogP contribution in [0.5, 0.6) is 0 Å². The van der Waals surface area contributed by atoms with E-state index in [-0.39, 0.29) is 12.0 Å². The number of nitrogens with one attached hydrogen (secondary N) is 1. The molecule has 2 aromatic carbocycles. The third kappa shape index (κ3) is 3.20. The van der Waals surface area contributed by atoms with Gasteiger partial charge in [-0.15, -0.1) is 10.2 Å². The fourth-order valence-electron chi connectivity index (χ4n) is 4.44. The summed E-state index contributed by atoms with van der Waals surface area (Å²) in [7, 11) is 0. The van der Waals surface area contributed by atoms with Crippen LogP contribution in [0.1, 0.15) is 30.1 Å². The van der Waals surface area contributed by atoms with Gasteiger partial charge in [0.25, 0.3) is 0 Å². The van der Waals surface area contributed by atoms with E-state index in [0.29, 0.717) is 6.54 Å². The number of benzene rings is 2. The zero-order valence-electron chi connectivity index (χ0n) is 15.5. The molecule has 2 aliphatic rings. The van der Waals surface area contributed by atoms with Gasteiger partial charge in [0.15, 0.2) is 5.82 Å². The van der Waals surface area contributed by atoms with Crippen LogP contribution in [0.3, 0.4) is 0 Å². The zero-order chi connectivity index (χ0) is 20.0. The lowest BCUT2D eigenvalue weighted by Gasteiger charge is -2.48. The minimum absolute atomic E-state index is 0.212. The number of tetrazole rings is 1. The monoisotopic (exact) mass is 400 g/mol. The molecular formula is C20H19F3N6. The summed E-state index contributed by atoms with van der Waals surface area (Å²) in [5.41, 5.74) is 2.24. The largest absolute Gasteiger partial charge is 0.416 e. The number of aromatic amines is 1. The van der Waals surface area contributed by atoms with E-state index in [4.69, 9.17) is 0 Å². The SMILES string of the molecule is FC(F)(F)c1ccc(N2CC3CC(c4nn[nH]n4)CCN3c3ccccc32)cc1. The average molecular weight is 400 g/mol. The van der Waals surface area contributed by atoms with Crippen molar-refractivity contribution in [2.24, 2.45) is 0 Å². The summed E-state index contributed by atoms with van der Waals surface area (Å²) < 4.78 is 38.9. The topological polar surface area (TPSA) is 60.9 Å². The predicted octanol–water partition coefficient (Wildman–Crippen LogP) is 4.12. The van der Waals surface area contributed by atoms with Crippen molar-refractivity contribution in [2.45, 2.75) is 31.0 Å². The first-order chi connectivity index (χ1) is 14.0. The molecule has 0 amide bonds. The molecular weight excluding hydrogens is 381 g/mol. The highest BCUT2D eigenvalue weighted by molar-refractivity contribution is 5.80. The molecule has 0 aliphatic carbocycles. The second kappa shape index (κ2) is 6.75. The number of para-hydroxylation sites is 2. The molecule has 0 spiro atoms. The fourth-order valence-corrected chi connectivity index (χ4v) is 4.44. The van der Waals surface area contributed by atoms with E-state index >= 15 is 0 Å². The molecule has 1 saturated heterocycles. The molecule has 3 heterocycles. The normalized spacial score (nSPS) is 21.6. The Balaban J connectivity index is 1.48. The molecule has 3 aromatic rings. The van der Waals surface area contributed by atoms with E-state index in [1.807, 2.05) is 18.2 Å². The molecule has 2 aliphatic heterocycles. The smallest absolute Gasteiger partial charge is 0.365 e. The maximum absolute atomic E-state index is 13.0. The van der Waals surface area contributed by atoms with Crippen LogP contribution in [0, 0.1) is 0 Å². The molecule has 6 nitrogen and oxygen atoms in total. The summed E-state index contributed by atoms with van der Waals surface area (Å²) in [6.07, 6.45) is -2.54. The molecule has 0 radical (unpaired) electrons. The number of nitrogens with zero attached hydrogens (tertiary/aromatic N) is 5. The lowest BCUT2D eigenvalue weighted by atomic mass is 9.87. The van der Waals surface area contributed by atoms with Gasteiger partial charge in [-0.3, -0.25) is 0 Å². The van der Waals surface area contributed by atoms with Gasteiger partial charge in [0.05, 0.1) is 16.9 Å². The van der Waals surface area contributed by atoms with Crippen molar-refractivity contribution >= 4 is 17.1 Å². The van der Waals surface area contributed by atoms with Gasteiger partial charge in [-0.05, 0) is 49.2 Å². The Morgan fingerprint density at radius 2 is 1.76 bits per heavy atom. The summed E-state index contributed by atoms with van der Waals surface area (Å²) in [4.78, 5) is 4.50. The van der Waals surface area contributed by atoms with Crippen molar-refractivity contribution in [1.82, 2.24) is 20.6 Å². The van der Waals surface area contributed by atoms with E-state index in [2.05, 4.69) is 36.5 Å². The molecule has 1 N–H and O–H groups in total. The number of aromatic nitrogens is 4. The van der Waals surface area contributed by atoms with Crippen molar-refractivity contribution in [3.05, 3.63) is 59.9 Å². The zero-order valence-corrected chi connectivity index (χ0v) is 15.5. The first-order valence-corrected chi connectivity index (χ1v) is 9.54. The summed E-state index contributed by atoms with van der Waals surface area (Å²) in [5.74, 6) is 0.944. The number of fused-ring (bicyclic) bond motifs is 3. The Bertz CT molecular complexity index is 986. The standard InChI is InChI=1S/C20H19F3N6/c21-20(22,23)14-5-7-15(8-6-14)29-12-16-11-13(19-24-26-27-25-19)9-10-28(16)17-3-1-2-4-18(17)29/h1-8,13,16H,9-12H2,(H,24,25,26,27). The summed E-state index contributed by atoms with van der Waals surface area (Å²) in [6.45, 7) is 1.57. The summed E-state index contributed by atoms with van der Waals surface area (Å²) in [5, 5.41) is 14.5. The highest BCUT2D eigenvalue weighted by Gasteiger charge is 2.38. The van der Waals surface area contributed by atoms with E-state index < -0.39 is 11.7 Å². The van der Waals surface area contributed by atoms with Gasteiger partial charge in [0.1, 0.15) is 0 Å². The Morgan fingerprint density at radius 1 is 1.00 bits per heavy atom. The van der Waals surface area contributed by atoms with Crippen molar-refractivity contribution < 1.29 is 13.2 Å². The molecule has 1 aromatic heterocycles. The van der Waals surface area contributed by atoms with Gasteiger partial charge < -0.3 is 9.80 Å². The highest BCUT2D eigenvalue weighted by atomic mass is 19.4. The van der Waals surface area contributed by atoms with Crippen molar-refractivity contribution in [3.8, 4) is 0 Å². The Labute approximate surface area is 165 Å². The van der Waals surface area contributed by atoms with Gasteiger partial charge in [-0.25, -0.2) is 0 Å². The second-order valence-electron chi connectivity index (χ2n) is 7.48. The number of piperidine rings is 1. The molecule has 9 heteroatoms. The maximum atomic E-state index is 13.0. The minimum Gasteiger partial charge on any atom is -0.365 e. The van der Waals surface area contributed by atoms with Crippen LogP contribution in [0.4, 0.5) is 30.2 Å². The minimum atomic E-state index is -4.34. The van der Waals surface area contributed by atoms with Gasteiger partial charge in [-0.1, -0.05) is 17.3 Å². The highest BCUT2D eigenvalue weighted by Crippen LogP contribution is 2.44. The van der Waals surface area contributed by atoms with E-state index in [1.165, 1.54) is 0 Å². The Morgan fingerprint density at radius 3 is 2.45 bits per heavy atom. The lowest BCUT2D eigenvalue weighted by molar-refractivity contribution is -0.137. The Hall–Kier alpha value is -3.10. The van der Waals surface area contributed by atoms with E-state index in [1.54, 1.807) is 12.1 Å². The number of H-pyrrole nitrogens is 1.